The lowest BCUT2D eigenvalue weighted by molar-refractivity contribution is -0.688. The van der Waals surface area contributed by atoms with Gasteiger partial charge in [0.1, 0.15) is 6.15 Å². The highest BCUT2D eigenvalue weighted by molar-refractivity contribution is 7.20. The first kappa shape index (κ1) is 57.5. The Labute approximate surface area is 395 Å². The standard InChI is InChI=1S/C32H12BF24.C14H17N2/c34-25(35,36)13-1-14(26(37,38)39)6-21(5-13)33(22-7-15(27(40,41)42)2-16(8-22)28(43,44)45,23-9-17(29(46,47)48)3-18(10-23)30(49,50)51)24-11-19(31(52,53)54)4-20(12-24)32(55,56)57;1-2-3-13-4-6-14(7-5-13)12-16-10-8-15-9-11-16/h1-12H;4-11H,2-3,12H2,1H3/q-1;+1. The van der Waals surface area contributed by atoms with Gasteiger partial charge in [-0.05, 0) is 36.2 Å². The molecule has 0 N–H and O–H groups in total. The molecule has 0 radical (unpaired) electrons. The molecule has 0 aliphatic heterocycles. The van der Waals surface area contributed by atoms with Crippen LogP contribution < -0.4 is 26.4 Å². The van der Waals surface area contributed by atoms with E-state index in [0.717, 1.165) is 6.54 Å². The fourth-order valence-corrected chi connectivity index (χ4v) is 7.83. The molecule has 0 saturated heterocycles. The molecule has 0 spiro atoms. The summed E-state index contributed by atoms with van der Waals surface area (Å²) >= 11 is 0. The molecule has 6 aromatic rings. The number of alkyl halides is 24. The van der Waals surface area contributed by atoms with Gasteiger partial charge in [-0.1, -0.05) is 86.1 Å². The molecule has 0 unspecified atom stereocenters. The van der Waals surface area contributed by atoms with Gasteiger partial charge in [0, 0.05) is 5.56 Å². The zero-order valence-corrected chi connectivity index (χ0v) is 36.2. The van der Waals surface area contributed by atoms with Crippen molar-refractivity contribution in [3.63, 3.8) is 0 Å². The van der Waals surface area contributed by atoms with Gasteiger partial charge in [0.15, 0.2) is 18.9 Å². The number of benzene rings is 5. The van der Waals surface area contributed by atoms with Crippen molar-refractivity contribution in [2.24, 2.45) is 0 Å². The van der Waals surface area contributed by atoms with Crippen LogP contribution in [-0.2, 0) is 62.4 Å². The Bertz CT molecular complexity index is 2430. The van der Waals surface area contributed by atoms with Crippen LogP contribution in [0, 0.1) is 0 Å². The Morgan fingerprint density at radius 2 is 0.562 bits per heavy atom. The minimum absolute atomic E-state index is 0.691. The molecule has 0 aliphatic carbocycles. The van der Waals surface area contributed by atoms with Crippen LogP contribution in [0.4, 0.5) is 105 Å². The van der Waals surface area contributed by atoms with E-state index in [1.54, 1.807) is 0 Å². The van der Waals surface area contributed by atoms with Crippen LogP contribution in [0.5, 0.6) is 0 Å². The molecule has 5 aromatic carbocycles. The van der Waals surface area contributed by atoms with Gasteiger partial charge in [-0.2, -0.15) is 132 Å². The van der Waals surface area contributed by atoms with E-state index in [4.69, 9.17) is 0 Å². The second-order valence-corrected chi connectivity index (χ2v) is 16.2. The van der Waals surface area contributed by atoms with Crippen LogP contribution in [0.3, 0.4) is 0 Å². The first-order valence-corrected chi connectivity index (χ1v) is 20.4. The first-order valence-electron chi connectivity index (χ1n) is 20.4. The van der Waals surface area contributed by atoms with Crippen LogP contribution in [0.15, 0.2) is 122 Å². The summed E-state index contributed by atoms with van der Waals surface area (Å²) in [4.78, 5) is 4.00. The summed E-state index contributed by atoms with van der Waals surface area (Å²) in [6, 6.07) is 0.0488. The van der Waals surface area contributed by atoms with Gasteiger partial charge in [0.05, 0.1) is 56.9 Å². The molecule has 0 saturated carbocycles. The van der Waals surface area contributed by atoms with Crippen molar-refractivity contribution in [3.05, 3.63) is 177 Å². The fraction of sp³-hybridized carbons (Fsp3) is 0.261. The van der Waals surface area contributed by atoms with Gasteiger partial charge < -0.3 is 0 Å². The summed E-state index contributed by atoms with van der Waals surface area (Å²) in [6.07, 6.45) is -44.8. The molecule has 0 atom stereocenters. The zero-order chi connectivity index (χ0) is 55.1. The van der Waals surface area contributed by atoms with Crippen molar-refractivity contribution < 1.29 is 110 Å². The van der Waals surface area contributed by atoms with E-state index in [-0.39, 0.29) is 0 Å². The Morgan fingerprint density at radius 3 is 0.767 bits per heavy atom. The van der Waals surface area contributed by atoms with Crippen molar-refractivity contribution in [1.29, 1.82) is 0 Å². The number of aromatic nitrogens is 2. The summed E-state index contributed by atoms with van der Waals surface area (Å²) < 4.78 is 343. The molecular weight excluding hydrogens is 1050 g/mol. The molecule has 6 rings (SSSR count). The normalized spacial score (nSPS) is 13.4. The van der Waals surface area contributed by atoms with Gasteiger partial charge in [-0.3, -0.25) is 4.98 Å². The molecular formula is C46H29BF24N2. The minimum Gasteiger partial charge on any atom is -0.252 e. The third-order valence-corrected chi connectivity index (χ3v) is 11.1. The lowest BCUT2D eigenvalue weighted by Crippen LogP contribution is -2.75. The van der Waals surface area contributed by atoms with Crippen molar-refractivity contribution in [2.45, 2.75) is 75.7 Å². The van der Waals surface area contributed by atoms with Gasteiger partial charge in [-0.15, -0.1) is 0 Å². The number of hydrogen-bond acceptors (Lipinski definition) is 1. The maximum Gasteiger partial charge on any atom is 0.416 e. The molecule has 0 amide bonds. The van der Waals surface area contributed by atoms with Gasteiger partial charge in [0.2, 0.25) is 0 Å². The van der Waals surface area contributed by atoms with E-state index in [2.05, 4.69) is 40.7 Å². The lowest BCUT2D eigenvalue weighted by Gasteiger charge is -2.46. The highest BCUT2D eigenvalue weighted by Crippen LogP contribution is 2.41. The summed E-state index contributed by atoms with van der Waals surface area (Å²) in [5.74, 6) is 0. The summed E-state index contributed by atoms with van der Waals surface area (Å²) in [5, 5.41) is 0. The third-order valence-electron chi connectivity index (χ3n) is 11.1. The number of nitrogens with zero attached hydrogens (tertiary/aromatic N) is 2. The maximum absolute atomic E-state index is 14.2. The van der Waals surface area contributed by atoms with E-state index in [9.17, 15) is 105 Å². The summed E-state index contributed by atoms with van der Waals surface area (Å²) in [6.45, 7) is 3.12. The number of hydrogen-bond donors (Lipinski definition) is 0. The quantitative estimate of drug-likeness (QED) is 0.0843. The number of rotatable bonds is 8. The molecule has 1 heterocycles. The molecule has 27 heteroatoms. The Morgan fingerprint density at radius 1 is 0.342 bits per heavy atom. The van der Waals surface area contributed by atoms with Gasteiger partial charge >= 0.3 is 49.4 Å². The largest absolute Gasteiger partial charge is 0.416 e. The van der Waals surface area contributed by atoms with E-state index in [1.165, 1.54) is 24.0 Å². The Kier molecular flexibility index (Phi) is 15.8. The monoisotopic (exact) mass is 1080 g/mol. The second-order valence-electron chi connectivity index (χ2n) is 16.2. The third kappa shape index (κ3) is 13.8. The molecule has 0 aliphatic rings. The van der Waals surface area contributed by atoms with E-state index < -0.39 is 195 Å². The topological polar surface area (TPSA) is 16.8 Å². The molecule has 394 valence electrons. The molecule has 2 nitrogen and oxygen atoms in total. The van der Waals surface area contributed by atoms with Crippen LogP contribution >= 0.6 is 0 Å². The minimum atomic E-state index is -6.13. The Hall–Kier alpha value is -6.44. The molecule has 73 heavy (non-hydrogen) atoms. The van der Waals surface area contributed by atoms with E-state index >= 15 is 0 Å². The van der Waals surface area contributed by atoms with Gasteiger partial charge in [-0.25, -0.2) is 0 Å². The molecule has 0 bridgehead atoms. The predicted octanol–water partition coefficient (Wildman–Crippen LogP) is 13.6. The molecule has 1 aromatic heterocycles. The van der Waals surface area contributed by atoms with E-state index in [0.29, 0.717) is 0 Å². The SMILES string of the molecule is CCCc1ccc(C[n+]2ccncc2)cc1.FC(F)(F)c1cc([B-](c2cc(C(F)(F)F)cc(C(F)(F)F)c2)(c2cc(C(F)(F)F)cc(C(F)(F)F)c2)c2cc(C(F)(F)F)cc(C(F)(F)F)c2)cc(C(F)(F)F)c1. The smallest absolute Gasteiger partial charge is 0.252 e. The van der Waals surface area contributed by atoms with Crippen LogP contribution in [0.2, 0.25) is 0 Å². The average molecular weight is 1080 g/mol. The molecule has 0 fully saturated rings. The van der Waals surface area contributed by atoms with Crippen molar-refractivity contribution in [1.82, 2.24) is 4.98 Å². The Balaban J connectivity index is 0.000000520. The second kappa shape index (κ2) is 20.1. The lowest BCUT2D eigenvalue weighted by atomic mass is 9.12. The highest BCUT2D eigenvalue weighted by Gasteiger charge is 2.47. The fourth-order valence-electron chi connectivity index (χ4n) is 7.83. The summed E-state index contributed by atoms with van der Waals surface area (Å²) in [5.41, 5.74) is -27.5. The van der Waals surface area contributed by atoms with Crippen molar-refractivity contribution >= 4 is 28.0 Å². The van der Waals surface area contributed by atoms with Crippen molar-refractivity contribution in [2.75, 3.05) is 0 Å². The number of aryl methyl sites for hydroxylation is 1. The highest BCUT2D eigenvalue weighted by atomic mass is 19.4. The maximum atomic E-state index is 14.2. The number of halogens is 24. The summed E-state index contributed by atoms with van der Waals surface area (Å²) in [7, 11) is 0. The zero-order valence-electron chi connectivity index (χ0n) is 36.2. The van der Waals surface area contributed by atoms with Crippen LogP contribution in [-0.4, -0.2) is 11.1 Å². The predicted molar refractivity (Wildman–Crippen MR) is 214 cm³/mol. The average Bonchev–Trinajstić information content (AvgIpc) is 3.25. The van der Waals surface area contributed by atoms with Crippen LogP contribution in [0.25, 0.3) is 0 Å². The first-order chi connectivity index (χ1) is 33.1. The van der Waals surface area contributed by atoms with Crippen molar-refractivity contribution in [3.8, 4) is 0 Å². The van der Waals surface area contributed by atoms with E-state index in [1.807, 2.05) is 24.8 Å². The van der Waals surface area contributed by atoms with Crippen LogP contribution in [0.1, 0.15) is 69.0 Å². The van der Waals surface area contributed by atoms with Gasteiger partial charge in [0.25, 0.3) is 0 Å².